The van der Waals surface area contributed by atoms with Crippen molar-refractivity contribution >= 4 is 41.9 Å². The highest BCUT2D eigenvalue weighted by atomic mass is 79.9. The number of halogens is 2. The van der Waals surface area contributed by atoms with Crippen LogP contribution in [-0.2, 0) is 10.0 Å². The molecule has 1 aliphatic rings. The minimum Gasteiger partial charge on any atom is -0.309 e. The van der Waals surface area contributed by atoms with E-state index in [9.17, 15) is 8.42 Å². The third-order valence-corrected chi connectivity index (χ3v) is 7.86. The predicted octanol–water partition coefficient (Wildman–Crippen LogP) is 4.34. The first-order chi connectivity index (χ1) is 11.9. The normalized spacial score (nSPS) is 17.9. The summed E-state index contributed by atoms with van der Waals surface area (Å²) in [6.07, 6.45) is 6.87. The molecule has 0 bridgehead atoms. The fourth-order valence-electron chi connectivity index (χ4n) is 3.06. The maximum Gasteiger partial charge on any atom is 0.244 e. The highest BCUT2D eigenvalue weighted by Crippen LogP contribution is 2.31. The molecule has 0 aromatic heterocycles. The summed E-state index contributed by atoms with van der Waals surface area (Å²) >= 11 is 6.73. The number of unbranched alkanes of at least 4 members (excludes halogenated alkanes) is 3. The molecule has 2 rings (SSSR count). The molecule has 1 saturated heterocycles. The third-order valence-electron chi connectivity index (χ3n) is 4.42. The molecule has 0 saturated carbocycles. The lowest BCUT2D eigenvalue weighted by molar-refractivity contribution is 0.313. The Bertz CT molecular complexity index is 734. The monoisotopic (exact) mass is 491 g/mol. The van der Waals surface area contributed by atoms with E-state index < -0.39 is 10.0 Å². The van der Waals surface area contributed by atoms with Crippen LogP contribution < -0.4 is 0 Å². The SMILES string of the molecule is CCCCCCN([C@@H]1CCN(C#N)C1)S(=O)(=O)c1cc(Br)ccc1Br. The zero-order valence-corrected chi connectivity index (χ0v) is 18.3. The number of benzene rings is 1. The van der Waals surface area contributed by atoms with Crippen LogP contribution in [0.5, 0.6) is 0 Å². The smallest absolute Gasteiger partial charge is 0.244 e. The van der Waals surface area contributed by atoms with Crippen molar-refractivity contribution in [3.63, 3.8) is 0 Å². The standard InChI is InChI=1S/C17H23Br2N3O2S/c1-2-3-4-5-9-22(15-8-10-21(12-15)13-20)25(23,24)17-11-14(18)6-7-16(17)19/h6-7,11,15H,2-5,8-10,12H2,1H3/t15-/m1/s1. The van der Waals surface area contributed by atoms with Gasteiger partial charge in [0, 0.05) is 34.6 Å². The molecule has 5 nitrogen and oxygen atoms in total. The van der Waals surface area contributed by atoms with Crippen LogP contribution in [0.2, 0.25) is 0 Å². The summed E-state index contributed by atoms with van der Waals surface area (Å²) in [5, 5.41) is 9.11. The van der Waals surface area contributed by atoms with Crippen molar-refractivity contribution < 1.29 is 8.42 Å². The fraction of sp³-hybridized carbons (Fsp3) is 0.588. The van der Waals surface area contributed by atoms with Crippen LogP contribution in [0, 0.1) is 11.5 Å². The van der Waals surface area contributed by atoms with Gasteiger partial charge in [-0.05, 0) is 47.0 Å². The minimum absolute atomic E-state index is 0.155. The molecule has 0 N–H and O–H groups in total. The van der Waals surface area contributed by atoms with E-state index in [2.05, 4.69) is 45.0 Å². The van der Waals surface area contributed by atoms with Crippen molar-refractivity contribution in [2.45, 2.75) is 50.0 Å². The van der Waals surface area contributed by atoms with Gasteiger partial charge in [-0.2, -0.15) is 9.57 Å². The number of nitriles is 1. The maximum absolute atomic E-state index is 13.3. The number of likely N-dealkylation sites (tertiary alicyclic amines) is 1. The van der Waals surface area contributed by atoms with E-state index in [0.717, 1.165) is 30.2 Å². The summed E-state index contributed by atoms with van der Waals surface area (Å²) in [7, 11) is -3.64. The molecule has 0 aliphatic carbocycles. The summed E-state index contributed by atoms with van der Waals surface area (Å²) in [4.78, 5) is 1.91. The van der Waals surface area contributed by atoms with Crippen molar-refractivity contribution in [3.05, 3.63) is 27.1 Å². The first kappa shape index (κ1) is 20.7. The molecule has 1 fully saturated rings. The number of nitrogens with zero attached hydrogens (tertiary/aromatic N) is 3. The molecule has 138 valence electrons. The zero-order chi connectivity index (χ0) is 18.4. The first-order valence-electron chi connectivity index (χ1n) is 8.51. The highest BCUT2D eigenvalue weighted by Gasteiger charge is 2.36. The van der Waals surface area contributed by atoms with Crippen LogP contribution in [0.3, 0.4) is 0 Å². The molecule has 1 aliphatic heterocycles. The van der Waals surface area contributed by atoms with Crippen molar-refractivity contribution in [2.75, 3.05) is 19.6 Å². The Labute approximate surface area is 167 Å². The van der Waals surface area contributed by atoms with Gasteiger partial charge >= 0.3 is 0 Å². The Hall–Kier alpha value is -0.620. The van der Waals surface area contributed by atoms with Crippen LogP contribution in [0.15, 0.2) is 32.0 Å². The van der Waals surface area contributed by atoms with Gasteiger partial charge in [-0.1, -0.05) is 42.1 Å². The number of rotatable bonds is 8. The van der Waals surface area contributed by atoms with E-state index in [0.29, 0.717) is 30.5 Å². The lowest BCUT2D eigenvalue weighted by atomic mass is 10.2. The molecule has 1 aromatic carbocycles. The van der Waals surface area contributed by atoms with E-state index in [4.69, 9.17) is 5.26 Å². The van der Waals surface area contributed by atoms with Gasteiger partial charge < -0.3 is 4.90 Å². The Balaban J connectivity index is 2.29. The van der Waals surface area contributed by atoms with Crippen LogP contribution >= 0.6 is 31.9 Å². The van der Waals surface area contributed by atoms with Crippen molar-refractivity contribution in [2.24, 2.45) is 0 Å². The lowest BCUT2D eigenvalue weighted by Gasteiger charge is -2.28. The average Bonchev–Trinajstić information content (AvgIpc) is 3.05. The number of hydrogen-bond donors (Lipinski definition) is 0. The van der Waals surface area contributed by atoms with Gasteiger partial charge in [-0.15, -0.1) is 0 Å². The second kappa shape index (κ2) is 9.36. The van der Waals surface area contributed by atoms with E-state index in [1.807, 2.05) is 6.07 Å². The molecular weight excluding hydrogens is 470 g/mol. The van der Waals surface area contributed by atoms with Gasteiger partial charge in [0.05, 0.1) is 4.90 Å². The molecule has 0 radical (unpaired) electrons. The summed E-state index contributed by atoms with van der Waals surface area (Å²) in [6, 6.07) is 5.02. The van der Waals surface area contributed by atoms with Crippen LogP contribution in [-0.4, -0.2) is 43.3 Å². The highest BCUT2D eigenvalue weighted by molar-refractivity contribution is 9.11. The molecule has 1 atom stereocenters. The number of sulfonamides is 1. The molecule has 1 heterocycles. The van der Waals surface area contributed by atoms with E-state index in [1.54, 1.807) is 21.3 Å². The van der Waals surface area contributed by atoms with Gasteiger partial charge in [0.2, 0.25) is 10.0 Å². The van der Waals surface area contributed by atoms with Gasteiger partial charge in [-0.3, -0.25) is 0 Å². The lowest BCUT2D eigenvalue weighted by Crippen LogP contribution is -2.42. The largest absolute Gasteiger partial charge is 0.309 e. The number of hydrogen-bond acceptors (Lipinski definition) is 4. The first-order valence-corrected chi connectivity index (χ1v) is 11.5. The van der Waals surface area contributed by atoms with Gasteiger partial charge in [-0.25, -0.2) is 8.42 Å². The molecule has 0 spiro atoms. The van der Waals surface area contributed by atoms with Gasteiger partial charge in [0.1, 0.15) is 0 Å². The quantitative estimate of drug-likeness (QED) is 0.400. The molecule has 25 heavy (non-hydrogen) atoms. The maximum atomic E-state index is 13.3. The van der Waals surface area contributed by atoms with E-state index >= 15 is 0 Å². The van der Waals surface area contributed by atoms with E-state index in [1.165, 1.54) is 0 Å². The minimum atomic E-state index is -3.64. The van der Waals surface area contributed by atoms with Crippen molar-refractivity contribution in [1.29, 1.82) is 5.26 Å². The fourth-order valence-corrected chi connectivity index (χ4v) is 6.21. The van der Waals surface area contributed by atoms with Gasteiger partial charge in [0.25, 0.3) is 0 Å². The molecule has 8 heteroatoms. The topological polar surface area (TPSA) is 64.4 Å². The second-order valence-corrected chi connectivity index (χ2v) is 9.87. The van der Waals surface area contributed by atoms with Gasteiger partial charge in [0.15, 0.2) is 6.19 Å². The van der Waals surface area contributed by atoms with E-state index in [-0.39, 0.29) is 10.9 Å². The Morgan fingerprint density at radius 3 is 2.72 bits per heavy atom. The van der Waals surface area contributed by atoms with Crippen molar-refractivity contribution in [3.8, 4) is 6.19 Å². The third kappa shape index (κ3) is 5.19. The molecule has 0 amide bonds. The van der Waals surface area contributed by atoms with Crippen LogP contribution in [0.4, 0.5) is 0 Å². The predicted molar refractivity (Wildman–Crippen MR) is 105 cm³/mol. The summed E-state index contributed by atoms with van der Waals surface area (Å²) < 4.78 is 29.5. The van der Waals surface area contributed by atoms with Crippen molar-refractivity contribution in [1.82, 2.24) is 9.21 Å². The second-order valence-electron chi connectivity index (χ2n) is 6.24. The summed E-state index contributed by atoms with van der Waals surface area (Å²) in [5.41, 5.74) is 0. The summed E-state index contributed by atoms with van der Waals surface area (Å²) in [5.74, 6) is 0. The molecular formula is C17H23Br2N3O2S. The Morgan fingerprint density at radius 2 is 2.08 bits per heavy atom. The molecule has 1 aromatic rings. The zero-order valence-electron chi connectivity index (χ0n) is 14.3. The Kier molecular flexibility index (Phi) is 7.74. The average molecular weight is 493 g/mol. The molecule has 0 unspecified atom stereocenters. The van der Waals surface area contributed by atoms with Crippen LogP contribution in [0.25, 0.3) is 0 Å². The summed E-state index contributed by atoms with van der Waals surface area (Å²) in [6.45, 7) is 3.71. The Morgan fingerprint density at radius 1 is 1.32 bits per heavy atom. The van der Waals surface area contributed by atoms with Crippen LogP contribution in [0.1, 0.15) is 39.0 Å².